The molecule has 0 spiro atoms. The van der Waals surface area contributed by atoms with Gasteiger partial charge in [-0.1, -0.05) is 42.5 Å². The molecule has 1 atom stereocenters. The fourth-order valence-corrected chi connectivity index (χ4v) is 4.09. The monoisotopic (exact) mass is 369 g/mol. The maximum absolute atomic E-state index is 4.84. The molecule has 3 heterocycles. The van der Waals surface area contributed by atoms with Crippen LogP contribution in [0.4, 0.5) is 5.82 Å². The number of aromatic nitrogens is 4. The molecule has 2 aromatic heterocycles. The fraction of sp³-hybridized carbons (Fsp3) is 0.261. The van der Waals surface area contributed by atoms with E-state index in [0.29, 0.717) is 5.92 Å². The van der Waals surface area contributed by atoms with Gasteiger partial charge in [0.25, 0.3) is 0 Å². The van der Waals surface area contributed by atoms with Crippen LogP contribution in [0.15, 0.2) is 73.2 Å². The number of benzene rings is 2. The Morgan fingerprint density at radius 2 is 1.75 bits per heavy atom. The highest BCUT2D eigenvalue weighted by atomic mass is 15.2. The summed E-state index contributed by atoms with van der Waals surface area (Å²) < 4.78 is 2.29. The molecule has 5 rings (SSSR count). The SMILES string of the molecule is c1ccc(Cn2ccnc2[C@H]2CCCN(c3cnc4ccccc4n3)C2)cc1. The molecular weight excluding hydrogens is 346 g/mol. The number of imidazole rings is 1. The lowest BCUT2D eigenvalue weighted by Crippen LogP contribution is -2.36. The molecule has 140 valence electrons. The second-order valence-electron chi connectivity index (χ2n) is 7.40. The molecule has 0 unspecified atom stereocenters. The van der Waals surface area contributed by atoms with Crippen molar-refractivity contribution in [2.45, 2.75) is 25.3 Å². The summed E-state index contributed by atoms with van der Waals surface area (Å²) in [6.45, 7) is 2.81. The number of para-hydroxylation sites is 2. The lowest BCUT2D eigenvalue weighted by Gasteiger charge is -2.33. The largest absolute Gasteiger partial charge is 0.355 e. The van der Waals surface area contributed by atoms with Gasteiger partial charge in [0.05, 0.1) is 17.2 Å². The minimum Gasteiger partial charge on any atom is -0.355 e. The third-order valence-corrected chi connectivity index (χ3v) is 5.49. The Morgan fingerprint density at radius 3 is 2.64 bits per heavy atom. The molecule has 1 saturated heterocycles. The van der Waals surface area contributed by atoms with Crippen molar-refractivity contribution in [3.63, 3.8) is 0 Å². The van der Waals surface area contributed by atoms with Gasteiger partial charge in [-0.15, -0.1) is 0 Å². The van der Waals surface area contributed by atoms with E-state index < -0.39 is 0 Å². The topological polar surface area (TPSA) is 46.8 Å². The third kappa shape index (κ3) is 3.36. The van der Waals surface area contributed by atoms with E-state index in [-0.39, 0.29) is 0 Å². The van der Waals surface area contributed by atoms with E-state index in [1.807, 2.05) is 36.7 Å². The van der Waals surface area contributed by atoms with Crippen LogP contribution in [-0.2, 0) is 6.54 Å². The Kier molecular flexibility index (Phi) is 4.49. The Morgan fingerprint density at radius 1 is 0.929 bits per heavy atom. The van der Waals surface area contributed by atoms with Gasteiger partial charge < -0.3 is 9.47 Å². The van der Waals surface area contributed by atoms with Crippen molar-refractivity contribution in [3.05, 3.63) is 84.6 Å². The van der Waals surface area contributed by atoms with Crippen LogP contribution in [0.25, 0.3) is 11.0 Å². The molecule has 1 aliphatic heterocycles. The fourth-order valence-electron chi connectivity index (χ4n) is 4.09. The number of hydrogen-bond acceptors (Lipinski definition) is 4. The minimum atomic E-state index is 0.403. The van der Waals surface area contributed by atoms with Gasteiger partial charge in [-0.2, -0.15) is 0 Å². The summed E-state index contributed by atoms with van der Waals surface area (Å²) in [6, 6.07) is 18.6. The molecule has 0 amide bonds. The summed E-state index contributed by atoms with van der Waals surface area (Å²) in [7, 11) is 0. The lowest BCUT2D eigenvalue weighted by atomic mass is 9.97. The first-order valence-corrected chi connectivity index (χ1v) is 9.88. The lowest BCUT2D eigenvalue weighted by molar-refractivity contribution is 0.474. The van der Waals surface area contributed by atoms with Crippen LogP contribution >= 0.6 is 0 Å². The van der Waals surface area contributed by atoms with Crippen molar-refractivity contribution in [1.82, 2.24) is 19.5 Å². The highest BCUT2D eigenvalue weighted by Gasteiger charge is 2.25. The third-order valence-electron chi connectivity index (χ3n) is 5.49. The van der Waals surface area contributed by atoms with E-state index in [9.17, 15) is 0 Å². The average Bonchev–Trinajstić information content (AvgIpc) is 3.22. The second kappa shape index (κ2) is 7.43. The Labute approximate surface area is 164 Å². The van der Waals surface area contributed by atoms with Crippen LogP contribution in [0.2, 0.25) is 0 Å². The van der Waals surface area contributed by atoms with E-state index in [1.165, 1.54) is 11.4 Å². The molecule has 1 aliphatic rings. The summed E-state index contributed by atoms with van der Waals surface area (Å²) in [5, 5.41) is 0. The molecule has 5 nitrogen and oxygen atoms in total. The smallest absolute Gasteiger partial charge is 0.147 e. The standard InChI is InChI=1S/C23H23N5/c1-2-7-18(8-3-1)16-28-14-12-24-23(28)19-9-6-13-27(17-19)22-15-25-20-10-4-5-11-21(20)26-22/h1-5,7-8,10-12,14-15,19H,6,9,13,16-17H2/t19-/m0/s1. The van der Waals surface area contributed by atoms with E-state index in [4.69, 9.17) is 9.97 Å². The number of piperidine rings is 1. The van der Waals surface area contributed by atoms with Crippen LogP contribution in [0.5, 0.6) is 0 Å². The van der Waals surface area contributed by atoms with Gasteiger partial charge in [-0.05, 0) is 30.5 Å². The van der Waals surface area contributed by atoms with Crippen LogP contribution in [0.3, 0.4) is 0 Å². The number of nitrogens with zero attached hydrogens (tertiary/aromatic N) is 5. The molecule has 28 heavy (non-hydrogen) atoms. The van der Waals surface area contributed by atoms with Crippen molar-refractivity contribution in [3.8, 4) is 0 Å². The predicted octanol–water partition coefficient (Wildman–Crippen LogP) is 4.26. The zero-order chi connectivity index (χ0) is 18.8. The van der Waals surface area contributed by atoms with Gasteiger partial charge in [-0.25, -0.2) is 9.97 Å². The normalized spacial score (nSPS) is 17.1. The average molecular weight is 369 g/mol. The molecule has 5 heteroatoms. The summed E-state index contributed by atoms with van der Waals surface area (Å²) >= 11 is 0. The van der Waals surface area contributed by atoms with Crippen LogP contribution in [0.1, 0.15) is 30.1 Å². The van der Waals surface area contributed by atoms with E-state index in [1.54, 1.807) is 0 Å². The number of fused-ring (bicyclic) bond motifs is 1. The van der Waals surface area contributed by atoms with Crippen LogP contribution in [-0.4, -0.2) is 32.6 Å². The summed E-state index contributed by atoms with van der Waals surface area (Å²) in [5.74, 6) is 2.53. The van der Waals surface area contributed by atoms with E-state index in [2.05, 4.69) is 51.0 Å². The summed E-state index contributed by atoms with van der Waals surface area (Å²) in [4.78, 5) is 16.5. The van der Waals surface area contributed by atoms with E-state index in [0.717, 1.165) is 49.3 Å². The summed E-state index contributed by atoms with van der Waals surface area (Å²) in [6.07, 6.45) is 8.21. The first-order valence-electron chi connectivity index (χ1n) is 9.88. The van der Waals surface area contributed by atoms with Crippen molar-refractivity contribution in [2.24, 2.45) is 0 Å². The van der Waals surface area contributed by atoms with Crippen molar-refractivity contribution in [1.29, 1.82) is 0 Å². The van der Waals surface area contributed by atoms with Gasteiger partial charge in [0.2, 0.25) is 0 Å². The zero-order valence-electron chi connectivity index (χ0n) is 15.8. The van der Waals surface area contributed by atoms with Gasteiger partial charge in [0, 0.05) is 37.9 Å². The Bertz CT molecular complexity index is 1070. The molecular formula is C23H23N5. The van der Waals surface area contributed by atoms with Crippen molar-refractivity contribution >= 4 is 16.9 Å². The maximum Gasteiger partial charge on any atom is 0.147 e. The van der Waals surface area contributed by atoms with Crippen LogP contribution in [0, 0.1) is 0 Å². The van der Waals surface area contributed by atoms with E-state index >= 15 is 0 Å². The highest BCUT2D eigenvalue weighted by Crippen LogP contribution is 2.29. The maximum atomic E-state index is 4.84. The quantitative estimate of drug-likeness (QED) is 0.539. The zero-order valence-corrected chi connectivity index (χ0v) is 15.8. The first kappa shape index (κ1) is 16.9. The molecule has 0 aliphatic carbocycles. The molecule has 1 fully saturated rings. The van der Waals surface area contributed by atoms with Gasteiger partial charge in [0.1, 0.15) is 11.6 Å². The summed E-state index contributed by atoms with van der Waals surface area (Å²) in [5.41, 5.74) is 3.20. The highest BCUT2D eigenvalue weighted by molar-refractivity contribution is 5.75. The molecule has 0 bridgehead atoms. The minimum absolute atomic E-state index is 0.403. The van der Waals surface area contributed by atoms with Gasteiger partial charge >= 0.3 is 0 Å². The molecule has 0 radical (unpaired) electrons. The van der Waals surface area contributed by atoms with Crippen molar-refractivity contribution < 1.29 is 0 Å². The number of rotatable bonds is 4. The molecule has 2 aromatic carbocycles. The Hall–Kier alpha value is -3.21. The molecule has 0 saturated carbocycles. The number of hydrogen-bond donors (Lipinski definition) is 0. The Balaban J connectivity index is 1.38. The van der Waals surface area contributed by atoms with Gasteiger partial charge in [-0.3, -0.25) is 4.98 Å². The van der Waals surface area contributed by atoms with Crippen LogP contribution < -0.4 is 4.90 Å². The first-order chi connectivity index (χ1) is 13.9. The molecule has 4 aromatic rings. The second-order valence-corrected chi connectivity index (χ2v) is 7.40. The number of anilines is 1. The van der Waals surface area contributed by atoms with Gasteiger partial charge in [0.15, 0.2) is 0 Å². The predicted molar refractivity (Wildman–Crippen MR) is 111 cm³/mol. The van der Waals surface area contributed by atoms with Crippen molar-refractivity contribution in [2.75, 3.05) is 18.0 Å². The molecule has 0 N–H and O–H groups in total.